The predicted molar refractivity (Wildman–Crippen MR) is 112 cm³/mol. The lowest BCUT2D eigenvalue weighted by atomic mass is 10.0. The number of carbonyl (C=O) groups is 2. The van der Waals surface area contributed by atoms with Crippen LogP contribution in [-0.2, 0) is 11.2 Å². The van der Waals surface area contributed by atoms with E-state index in [1.165, 1.54) is 11.1 Å². The molecule has 0 atom stereocenters. The highest BCUT2D eigenvalue weighted by Crippen LogP contribution is 2.22. The molecule has 2 aromatic rings. The van der Waals surface area contributed by atoms with E-state index in [9.17, 15) is 9.59 Å². The van der Waals surface area contributed by atoms with Crippen molar-refractivity contribution in [3.8, 4) is 0 Å². The Balaban J connectivity index is 1.49. The van der Waals surface area contributed by atoms with E-state index in [2.05, 4.69) is 41.5 Å². The molecule has 0 spiro atoms. The van der Waals surface area contributed by atoms with Gasteiger partial charge in [0.15, 0.2) is 5.69 Å². The van der Waals surface area contributed by atoms with Crippen molar-refractivity contribution in [2.24, 2.45) is 0 Å². The summed E-state index contributed by atoms with van der Waals surface area (Å²) in [7, 11) is 0. The van der Waals surface area contributed by atoms with Crippen LogP contribution in [0.25, 0.3) is 0 Å². The first kappa shape index (κ1) is 21.0. The second-order valence-electron chi connectivity index (χ2n) is 7.66. The van der Waals surface area contributed by atoms with Gasteiger partial charge in [-0.2, -0.15) is 0 Å². The molecule has 0 saturated carbocycles. The van der Waals surface area contributed by atoms with Gasteiger partial charge in [0.05, 0.1) is 12.2 Å². The van der Waals surface area contributed by atoms with E-state index in [0.717, 1.165) is 32.4 Å². The molecule has 2 heterocycles. The van der Waals surface area contributed by atoms with Crippen molar-refractivity contribution in [2.45, 2.75) is 52.5 Å². The third-order valence-corrected chi connectivity index (χ3v) is 5.72. The zero-order valence-corrected chi connectivity index (χ0v) is 17.7. The molecule has 1 aromatic heterocycles. The summed E-state index contributed by atoms with van der Waals surface area (Å²) in [6.07, 6.45) is 4.73. The van der Waals surface area contributed by atoms with Crippen molar-refractivity contribution in [3.63, 3.8) is 0 Å². The molecule has 0 N–H and O–H groups in total. The van der Waals surface area contributed by atoms with Crippen LogP contribution < -0.4 is 0 Å². The topological polar surface area (TPSA) is 71.3 Å². The molecule has 7 heteroatoms. The van der Waals surface area contributed by atoms with Crippen LogP contribution in [0.1, 0.15) is 60.8 Å². The van der Waals surface area contributed by atoms with Crippen LogP contribution in [-0.4, -0.2) is 62.8 Å². The second kappa shape index (κ2) is 9.67. The van der Waals surface area contributed by atoms with Crippen molar-refractivity contribution in [1.29, 1.82) is 0 Å². The van der Waals surface area contributed by atoms with Crippen LogP contribution in [0.15, 0.2) is 30.5 Å². The first-order chi connectivity index (χ1) is 14.0. The molecule has 1 aliphatic heterocycles. The largest absolute Gasteiger partial charge is 0.343 e. The predicted octanol–water partition coefficient (Wildman–Crippen LogP) is 2.86. The van der Waals surface area contributed by atoms with E-state index in [-0.39, 0.29) is 17.9 Å². The van der Waals surface area contributed by atoms with Crippen molar-refractivity contribution in [2.75, 3.05) is 26.2 Å². The molecule has 0 unspecified atom stereocenters. The fraction of sp³-hybridized carbons (Fsp3) is 0.545. The highest BCUT2D eigenvalue weighted by molar-refractivity contribution is 5.91. The Morgan fingerprint density at radius 3 is 2.38 bits per heavy atom. The Morgan fingerprint density at radius 2 is 1.76 bits per heavy atom. The highest BCUT2D eigenvalue weighted by Gasteiger charge is 2.25. The van der Waals surface area contributed by atoms with Gasteiger partial charge in [-0.25, -0.2) is 4.68 Å². The Labute approximate surface area is 172 Å². The lowest BCUT2D eigenvalue weighted by Crippen LogP contribution is -2.39. The molecule has 1 fully saturated rings. The van der Waals surface area contributed by atoms with Crippen LogP contribution in [0.2, 0.25) is 0 Å². The molecule has 156 valence electrons. The number of aromatic nitrogens is 3. The maximum Gasteiger partial charge on any atom is 0.276 e. The standard InChI is InChI=1S/C22H31N5O2/c1-4-25(5-2)22(29)20-16-27(24-23-20)19-12-14-26(15-13-19)21(28)11-10-18-8-6-17(3)7-9-18/h6-9,16,19H,4-5,10-15H2,1-3H3. The summed E-state index contributed by atoms with van der Waals surface area (Å²) in [6.45, 7) is 8.73. The number of hydrogen-bond acceptors (Lipinski definition) is 4. The molecular formula is C22H31N5O2. The number of amides is 2. The molecular weight excluding hydrogens is 366 g/mol. The van der Waals surface area contributed by atoms with Gasteiger partial charge in [0.25, 0.3) is 5.91 Å². The number of rotatable bonds is 7. The van der Waals surface area contributed by atoms with Gasteiger partial charge < -0.3 is 9.80 Å². The zero-order valence-electron chi connectivity index (χ0n) is 17.7. The minimum absolute atomic E-state index is 0.0787. The molecule has 1 aliphatic rings. The first-order valence-electron chi connectivity index (χ1n) is 10.6. The Morgan fingerprint density at radius 1 is 1.10 bits per heavy atom. The first-order valence-corrected chi connectivity index (χ1v) is 10.6. The van der Waals surface area contributed by atoms with Crippen molar-refractivity contribution in [1.82, 2.24) is 24.8 Å². The summed E-state index contributed by atoms with van der Waals surface area (Å²) in [6, 6.07) is 8.54. The van der Waals surface area contributed by atoms with E-state index in [1.807, 2.05) is 18.7 Å². The number of benzene rings is 1. The van der Waals surface area contributed by atoms with Gasteiger partial charge in [-0.05, 0) is 45.6 Å². The van der Waals surface area contributed by atoms with Gasteiger partial charge in [-0.3, -0.25) is 9.59 Å². The molecule has 1 saturated heterocycles. The minimum Gasteiger partial charge on any atom is -0.343 e. The van der Waals surface area contributed by atoms with Gasteiger partial charge in [0.1, 0.15) is 0 Å². The van der Waals surface area contributed by atoms with Crippen molar-refractivity contribution in [3.05, 3.63) is 47.3 Å². The van der Waals surface area contributed by atoms with E-state index >= 15 is 0 Å². The maximum atomic E-state index is 12.6. The van der Waals surface area contributed by atoms with Crippen molar-refractivity contribution < 1.29 is 9.59 Å². The van der Waals surface area contributed by atoms with Crippen LogP contribution in [0.4, 0.5) is 0 Å². The molecule has 29 heavy (non-hydrogen) atoms. The SMILES string of the molecule is CCN(CC)C(=O)c1cn(C2CCN(C(=O)CCc3ccc(C)cc3)CC2)nn1. The maximum absolute atomic E-state index is 12.6. The van der Waals surface area contributed by atoms with E-state index < -0.39 is 0 Å². The quantitative estimate of drug-likeness (QED) is 0.720. The molecule has 7 nitrogen and oxygen atoms in total. The number of nitrogens with zero attached hydrogens (tertiary/aromatic N) is 5. The number of piperidine rings is 1. The number of aryl methyl sites for hydroxylation is 2. The molecule has 0 bridgehead atoms. The van der Waals surface area contributed by atoms with Gasteiger partial charge in [0, 0.05) is 32.6 Å². The molecule has 0 radical (unpaired) electrons. The normalized spacial score (nSPS) is 14.8. The number of hydrogen-bond donors (Lipinski definition) is 0. The average molecular weight is 398 g/mol. The monoisotopic (exact) mass is 397 g/mol. The smallest absolute Gasteiger partial charge is 0.276 e. The van der Waals surface area contributed by atoms with E-state index in [4.69, 9.17) is 0 Å². The summed E-state index contributed by atoms with van der Waals surface area (Å²) in [4.78, 5) is 28.7. The van der Waals surface area contributed by atoms with Gasteiger partial charge in [-0.1, -0.05) is 35.0 Å². The van der Waals surface area contributed by atoms with Gasteiger partial charge in [0.2, 0.25) is 5.91 Å². The summed E-state index contributed by atoms with van der Waals surface area (Å²) >= 11 is 0. The minimum atomic E-state index is -0.0787. The highest BCUT2D eigenvalue weighted by atomic mass is 16.2. The number of likely N-dealkylation sites (tertiary alicyclic amines) is 1. The molecule has 1 aromatic carbocycles. The summed E-state index contributed by atoms with van der Waals surface area (Å²) in [5.74, 6) is 0.130. The third-order valence-electron chi connectivity index (χ3n) is 5.72. The fourth-order valence-electron chi connectivity index (χ4n) is 3.77. The van der Waals surface area contributed by atoms with Crippen LogP contribution in [0.3, 0.4) is 0 Å². The van der Waals surface area contributed by atoms with Crippen molar-refractivity contribution >= 4 is 11.8 Å². The third kappa shape index (κ3) is 5.22. The van der Waals surface area contributed by atoms with Gasteiger partial charge in [-0.15, -0.1) is 5.10 Å². The lowest BCUT2D eigenvalue weighted by molar-refractivity contribution is -0.132. The van der Waals surface area contributed by atoms with E-state index in [1.54, 1.807) is 15.8 Å². The Hall–Kier alpha value is -2.70. The van der Waals surface area contributed by atoms with E-state index in [0.29, 0.717) is 25.2 Å². The lowest BCUT2D eigenvalue weighted by Gasteiger charge is -2.32. The molecule has 3 rings (SSSR count). The Kier molecular flexibility index (Phi) is 7.01. The Bertz CT molecular complexity index is 818. The summed E-state index contributed by atoms with van der Waals surface area (Å²) in [5, 5.41) is 8.25. The summed E-state index contributed by atoms with van der Waals surface area (Å²) < 4.78 is 1.80. The molecule has 2 amide bonds. The zero-order chi connectivity index (χ0) is 20.8. The van der Waals surface area contributed by atoms with Crippen LogP contribution in [0, 0.1) is 6.92 Å². The van der Waals surface area contributed by atoms with Gasteiger partial charge >= 0.3 is 0 Å². The second-order valence-corrected chi connectivity index (χ2v) is 7.66. The average Bonchev–Trinajstić information content (AvgIpc) is 3.24. The van der Waals surface area contributed by atoms with Crippen LogP contribution >= 0.6 is 0 Å². The number of carbonyl (C=O) groups excluding carboxylic acids is 2. The fourth-order valence-corrected chi connectivity index (χ4v) is 3.77. The van der Waals surface area contributed by atoms with Crippen LogP contribution in [0.5, 0.6) is 0 Å². The molecule has 0 aliphatic carbocycles. The summed E-state index contributed by atoms with van der Waals surface area (Å²) in [5.41, 5.74) is 2.83.